The van der Waals surface area contributed by atoms with E-state index in [0.29, 0.717) is 0 Å². The monoisotopic (exact) mass is 262 g/mol. The van der Waals surface area contributed by atoms with Gasteiger partial charge in [-0.1, -0.05) is 0 Å². The number of hydrogen-bond donors (Lipinski definition) is 2. The Hall–Kier alpha value is -1.96. The molecular formula is C10H14O8. The highest BCUT2D eigenvalue weighted by atomic mass is 16.6. The minimum atomic E-state index is -1.26. The van der Waals surface area contributed by atoms with Crippen molar-refractivity contribution in [2.45, 2.75) is 25.9 Å². The quantitative estimate of drug-likeness (QED) is 0.416. The summed E-state index contributed by atoms with van der Waals surface area (Å²) in [5, 5.41) is 17.5. The lowest BCUT2D eigenvalue weighted by Crippen LogP contribution is -2.27. The summed E-state index contributed by atoms with van der Waals surface area (Å²) in [6.07, 6.45) is -1.94. The Labute approximate surface area is 102 Å². The SMILES string of the molecule is CC(=O)C(=O)OCC(O)COC(=O)CCC(=O)O. The number of ether oxygens (including phenoxy) is 2. The van der Waals surface area contributed by atoms with Crippen LogP contribution in [-0.4, -0.2) is 53.2 Å². The normalized spacial score (nSPS) is 11.4. The zero-order valence-corrected chi connectivity index (χ0v) is 9.75. The molecule has 0 aromatic rings. The van der Waals surface area contributed by atoms with E-state index in [1.54, 1.807) is 0 Å². The summed E-state index contributed by atoms with van der Waals surface area (Å²) in [6.45, 7) is 0.0922. The van der Waals surface area contributed by atoms with Gasteiger partial charge in [0.1, 0.15) is 19.3 Å². The summed E-state index contributed by atoms with van der Waals surface area (Å²) < 4.78 is 8.89. The number of hydrogen-bond acceptors (Lipinski definition) is 7. The molecule has 0 amide bonds. The fourth-order valence-corrected chi connectivity index (χ4v) is 0.792. The number of Topliss-reactive ketones (excluding diaryl/α,β-unsaturated/α-hetero) is 1. The van der Waals surface area contributed by atoms with Gasteiger partial charge in [-0.25, -0.2) is 4.79 Å². The molecule has 0 saturated heterocycles. The number of carboxylic acids is 1. The van der Waals surface area contributed by atoms with E-state index < -0.39 is 43.0 Å². The van der Waals surface area contributed by atoms with Crippen molar-refractivity contribution in [1.29, 1.82) is 0 Å². The number of ketones is 1. The molecular weight excluding hydrogens is 248 g/mol. The molecule has 0 bridgehead atoms. The molecule has 1 atom stereocenters. The largest absolute Gasteiger partial charge is 0.481 e. The predicted molar refractivity (Wildman–Crippen MR) is 55.5 cm³/mol. The van der Waals surface area contributed by atoms with Gasteiger partial charge in [-0.05, 0) is 0 Å². The number of rotatable bonds is 8. The molecule has 8 heteroatoms. The first-order valence-electron chi connectivity index (χ1n) is 5.06. The van der Waals surface area contributed by atoms with Crippen LogP contribution in [0.4, 0.5) is 0 Å². The number of aliphatic hydroxyl groups is 1. The molecule has 0 aliphatic heterocycles. The molecule has 18 heavy (non-hydrogen) atoms. The van der Waals surface area contributed by atoms with Gasteiger partial charge in [0.15, 0.2) is 0 Å². The van der Waals surface area contributed by atoms with Gasteiger partial charge < -0.3 is 19.7 Å². The Kier molecular flexibility index (Phi) is 7.29. The lowest BCUT2D eigenvalue weighted by Gasteiger charge is -2.10. The third-order valence-corrected chi connectivity index (χ3v) is 1.67. The second-order valence-corrected chi connectivity index (χ2v) is 3.39. The molecule has 0 aliphatic carbocycles. The Morgan fingerprint density at radius 2 is 1.61 bits per heavy atom. The van der Waals surface area contributed by atoms with Gasteiger partial charge >= 0.3 is 17.9 Å². The molecule has 1 unspecified atom stereocenters. The maximum atomic E-state index is 10.9. The Balaban J connectivity index is 3.73. The van der Waals surface area contributed by atoms with Gasteiger partial charge in [-0.3, -0.25) is 14.4 Å². The van der Waals surface area contributed by atoms with Crippen LogP contribution in [0, 0.1) is 0 Å². The number of aliphatic hydroxyl groups excluding tert-OH is 1. The fraction of sp³-hybridized carbons (Fsp3) is 0.600. The van der Waals surface area contributed by atoms with Crippen LogP contribution in [0.3, 0.4) is 0 Å². The molecule has 0 aliphatic rings. The van der Waals surface area contributed by atoms with Crippen LogP contribution in [0.25, 0.3) is 0 Å². The summed E-state index contributed by atoms with van der Waals surface area (Å²) in [7, 11) is 0. The molecule has 8 nitrogen and oxygen atoms in total. The first-order valence-corrected chi connectivity index (χ1v) is 5.06. The molecule has 0 aromatic carbocycles. The third-order valence-electron chi connectivity index (χ3n) is 1.67. The summed E-state index contributed by atoms with van der Waals surface area (Å²) >= 11 is 0. The van der Waals surface area contributed by atoms with E-state index in [1.165, 1.54) is 0 Å². The van der Waals surface area contributed by atoms with Gasteiger partial charge in [-0.15, -0.1) is 0 Å². The van der Waals surface area contributed by atoms with Crippen LogP contribution < -0.4 is 0 Å². The van der Waals surface area contributed by atoms with Gasteiger partial charge in [0.2, 0.25) is 5.78 Å². The van der Waals surface area contributed by atoms with Crippen molar-refractivity contribution in [1.82, 2.24) is 0 Å². The van der Waals surface area contributed by atoms with Crippen molar-refractivity contribution in [3.8, 4) is 0 Å². The minimum absolute atomic E-state index is 0.310. The standard InChI is InChI=1S/C10H14O8/c1-6(11)10(16)18-5-7(12)4-17-9(15)3-2-8(13)14/h7,12H,2-5H2,1H3,(H,13,14). The Bertz CT molecular complexity index is 335. The van der Waals surface area contributed by atoms with E-state index >= 15 is 0 Å². The molecule has 0 saturated carbocycles. The fourth-order valence-electron chi connectivity index (χ4n) is 0.792. The summed E-state index contributed by atoms with van der Waals surface area (Å²) in [5.74, 6) is -3.82. The molecule has 0 spiro atoms. The molecule has 0 heterocycles. The summed E-state index contributed by atoms with van der Waals surface area (Å²) in [4.78, 5) is 42.3. The highest BCUT2D eigenvalue weighted by Gasteiger charge is 2.14. The van der Waals surface area contributed by atoms with Crippen LogP contribution in [0.15, 0.2) is 0 Å². The summed E-state index contributed by atoms with van der Waals surface area (Å²) in [5.41, 5.74) is 0. The lowest BCUT2D eigenvalue weighted by molar-refractivity contribution is -0.158. The summed E-state index contributed by atoms with van der Waals surface area (Å²) in [6, 6.07) is 0. The number of aliphatic carboxylic acids is 1. The number of carboxylic acid groups (broad SMARTS) is 1. The van der Waals surface area contributed by atoms with Gasteiger partial charge in [0.25, 0.3) is 0 Å². The highest BCUT2D eigenvalue weighted by Crippen LogP contribution is 1.95. The topological polar surface area (TPSA) is 127 Å². The highest BCUT2D eigenvalue weighted by molar-refractivity contribution is 6.32. The first kappa shape index (κ1) is 16.0. The smallest absolute Gasteiger partial charge is 0.374 e. The molecule has 0 fully saturated rings. The van der Waals surface area contributed by atoms with E-state index in [-0.39, 0.29) is 12.8 Å². The van der Waals surface area contributed by atoms with Crippen molar-refractivity contribution in [2.24, 2.45) is 0 Å². The molecule has 0 aromatic heterocycles. The first-order chi connectivity index (χ1) is 8.32. The van der Waals surface area contributed by atoms with Crippen LogP contribution in [0.5, 0.6) is 0 Å². The minimum Gasteiger partial charge on any atom is -0.481 e. The zero-order chi connectivity index (χ0) is 14.1. The van der Waals surface area contributed by atoms with Gasteiger partial charge in [0.05, 0.1) is 12.8 Å². The van der Waals surface area contributed by atoms with E-state index in [4.69, 9.17) is 5.11 Å². The van der Waals surface area contributed by atoms with Crippen molar-refractivity contribution < 1.29 is 38.9 Å². The van der Waals surface area contributed by atoms with Crippen LogP contribution in [0.1, 0.15) is 19.8 Å². The van der Waals surface area contributed by atoms with Crippen molar-refractivity contribution >= 4 is 23.7 Å². The average molecular weight is 262 g/mol. The van der Waals surface area contributed by atoms with Crippen molar-refractivity contribution in [3.05, 3.63) is 0 Å². The lowest BCUT2D eigenvalue weighted by atomic mass is 10.3. The van der Waals surface area contributed by atoms with Crippen molar-refractivity contribution in [2.75, 3.05) is 13.2 Å². The second kappa shape index (κ2) is 8.18. The van der Waals surface area contributed by atoms with E-state index in [9.17, 15) is 24.3 Å². The molecule has 0 radical (unpaired) electrons. The third kappa shape index (κ3) is 8.22. The van der Waals surface area contributed by atoms with E-state index in [1.807, 2.05) is 0 Å². The van der Waals surface area contributed by atoms with Crippen molar-refractivity contribution in [3.63, 3.8) is 0 Å². The number of carbonyl (C=O) groups is 4. The predicted octanol–water partition coefficient (Wildman–Crippen LogP) is -1.11. The number of carbonyl (C=O) groups excluding carboxylic acids is 3. The Morgan fingerprint density at radius 3 is 2.11 bits per heavy atom. The van der Waals surface area contributed by atoms with Crippen LogP contribution in [0.2, 0.25) is 0 Å². The molecule has 2 N–H and O–H groups in total. The number of esters is 2. The maximum Gasteiger partial charge on any atom is 0.374 e. The second-order valence-electron chi connectivity index (χ2n) is 3.39. The average Bonchev–Trinajstić information content (AvgIpc) is 2.30. The molecule has 102 valence electrons. The zero-order valence-electron chi connectivity index (χ0n) is 9.75. The van der Waals surface area contributed by atoms with Crippen LogP contribution in [-0.2, 0) is 28.7 Å². The maximum absolute atomic E-state index is 10.9. The van der Waals surface area contributed by atoms with Crippen LogP contribution >= 0.6 is 0 Å². The Morgan fingerprint density at radius 1 is 1.06 bits per heavy atom. The van der Waals surface area contributed by atoms with Gasteiger partial charge in [-0.2, -0.15) is 0 Å². The van der Waals surface area contributed by atoms with Gasteiger partial charge in [0, 0.05) is 6.92 Å². The molecule has 0 rings (SSSR count). The van der Waals surface area contributed by atoms with E-state index in [0.717, 1.165) is 6.92 Å². The van der Waals surface area contributed by atoms with E-state index in [2.05, 4.69) is 9.47 Å².